The number of hydrogen-bond acceptors (Lipinski definition) is 1. The molecule has 0 N–H and O–H groups in total. The van der Waals surface area contributed by atoms with Crippen LogP contribution in [-0.4, -0.2) is 9.55 Å². The van der Waals surface area contributed by atoms with Crippen LogP contribution >= 0.6 is 11.6 Å². The highest BCUT2D eigenvalue weighted by Crippen LogP contribution is 2.31. The van der Waals surface area contributed by atoms with Gasteiger partial charge >= 0.3 is 0 Å². The summed E-state index contributed by atoms with van der Waals surface area (Å²) in [6, 6.07) is 6.28. The largest absolute Gasteiger partial charge is 0.318 e. The molecule has 2 aromatic rings. The average molecular weight is 237 g/mol. The second-order valence-electron chi connectivity index (χ2n) is 4.17. The fourth-order valence-electron chi connectivity index (χ4n) is 2.33. The lowest BCUT2D eigenvalue weighted by Gasteiger charge is -2.14. The van der Waals surface area contributed by atoms with Gasteiger partial charge in [-0.25, -0.2) is 4.98 Å². The zero-order chi connectivity index (χ0) is 11.7. The van der Waals surface area contributed by atoms with E-state index in [1.165, 1.54) is 11.1 Å². The predicted octanol–water partition coefficient (Wildman–Crippen LogP) is 4.13. The van der Waals surface area contributed by atoms with Crippen molar-refractivity contribution in [2.45, 2.75) is 32.6 Å². The average Bonchev–Trinajstić information content (AvgIpc) is 2.57. The lowest BCUT2D eigenvalue weighted by Crippen LogP contribution is -1.99. The Morgan fingerprint density at radius 1 is 1.31 bits per heavy atom. The molecule has 0 spiro atoms. The maximum atomic E-state index is 6.07. The van der Waals surface area contributed by atoms with Crippen LogP contribution < -0.4 is 0 Å². The second-order valence-corrected chi connectivity index (χ2v) is 4.51. The fourth-order valence-corrected chi connectivity index (χ4v) is 2.50. The summed E-state index contributed by atoms with van der Waals surface area (Å²) < 4.78 is 1.98. The third-order valence-corrected chi connectivity index (χ3v) is 3.63. The van der Waals surface area contributed by atoms with E-state index >= 15 is 0 Å². The minimum Gasteiger partial charge on any atom is -0.318 e. The molecule has 0 atom stereocenters. The standard InChI is InChI=1S/C13H17ClN2/c1-4-9(5-2)10-7-6-8-11-12(10)16(3)13(14)15-11/h6-9H,4-5H2,1-3H3. The summed E-state index contributed by atoms with van der Waals surface area (Å²) in [6.07, 6.45) is 2.30. The number of halogens is 1. The summed E-state index contributed by atoms with van der Waals surface area (Å²) in [5, 5.41) is 0.563. The zero-order valence-corrected chi connectivity index (χ0v) is 10.8. The van der Waals surface area contributed by atoms with Crippen LogP contribution in [0.1, 0.15) is 38.2 Å². The topological polar surface area (TPSA) is 17.8 Å². The fraction of sp³-hybridized carbons (Fsp3) is 0.462. The molecule has 0 fully saturated rings. The lowest BCUT2D eigenvalue weighted by atomic mass is 9.93. The number of rotatable bonds is 3. The summed E-state index contributed by atoms with van der Waals surface area (Å²) >= 11 is 6.07. The van der Waals surface area contributed by atoms with E-state index in [9.17, 15) is 0 Å². The monoisotopic (exact) mass is 236 g/mol. The molecule has 1 aromatic heterocycles. The molecule has 0 unspecified atom stereocenters. The molecule has 2 nitrogen and oxygen atoms in total. The molecule has 1 heterocycles. The van der Waals surface area contributed by atoms with Gasteiger partial charge in [-0.3, -0.25) is 0 Å². The van der Waals surface area contributed by atoms with Gasteiger partial charge in [0.1, 0.15) is 0 Å². The maximum Gasteiger partial charge on any atom is 0.203 e. The Kier molecular flexibility index (Phi) is 3.20. The third kappa shape index (κ3) is 1.71. The number of nitrogens with zero attached hydrogens (tertiary/aromatic N) is 2. The summed E-state index contributed by atoms with van der Waals surface area (Å²) in [5.41, 5.74) is 3.54. The van der Waals surface area contributed by atoms with Crippen molar-refractivity contribution >= 4 is 22.6 Å². The van der Waals surface area contributed by atoms with Gasteiger partial charge in [0.05, 0.1) is 11.0 Å². The molecule has 0 aliphatic carbocycles. The molecule has 0 saturated carbocycles. The smallest absolute Gasteiger partial charge is 0.203 e. The summed E-state index contributed by atoms with van der Waals surface area (Å²) in [5.74, 6) is 0.593. The van der Waals surface area contributed by atoms with Crippen LogP contribution in [-0.2, 0) is 7.05 Å². The Bertz CT molecular complexity index is 498. The molecule has 0 aliphatic rings. The highest BCUT2D eigenvalue weighted by molar-refractivity contribution is 6.29. The van der Waals surface area contributed by atoms with Crippen molar-refractivity contribution in [3.8, 4) is 0 Å². The van der Waals surface area contributed by atoms with Crippen LogP contribution in [0.3, 0.4) is 0 Å². The SMILES string of the molecule is CCC(CC)c1cccc2nc(Cl)n(C)c12. The first-order valence-electron chi connectivity index (χ1n) is 5.79. The van der Waals surface area contributed by atoms with Crippen LogP contribution in [0.15, 0.2) is 18.2 Å². The van der Waals surface area contributed by atoms with E-state index in [0.717, 1.165) is 18.4 Å². The van der Waals surface area contributed by atoms with E-state index < -0.39 is 0 Å². The van der Waals surface area contributed by atoms with Crippen molar-refractivity contribution in [3.05, 3.63) is 29.0 Å². The molecule has 86 valence electrons. The van der Waals surface area contributed by atoms with E-state index in [4.69, 9.17) is 11.6 Å². The number of para-hydroxylation sites is 1. The highest BCUT2D eigenvalue weighted by Gasteiger charge is 2.15. The molecule has 1 aromatic carbocycles. The van der Waals surface area contributed by atoms with Crippen molar-refractivity contribution in [1.29, 1.82) is 0 Å². The molecule has 2 rings (SSSR count). The van der Waals surface area contributed by atoms with Crippen molar-refractivity contribution in [1.82, 2.24) is 9.55 Å². The van der Waals surface area contributed by atoms with Gasteiger partial charge < -0.3 is 4.57 Å². The molecule has 0 radical (unpaired) electrons. The van der Waals surface area contributed by atoms with Gasteiger partial charge in [0.25, 0.3) is 0 Å². The van der Waals surface area contributed by atoms with Crippen molar-refractivity contribution < 1.29 is 0 Å². The van der Waals surface area contributed by atoms with Crippen LogP contribution in [0, 0.1) is 0 Å². The van der Waals surface area contributed by atoms with Crippen molar-refractivity contribution in [3.63, 3.8) is 0 Å². The minimum absolute atomic E-state index is 0.563. The predicted molar refractivity (Wildman–Crippen MR) is 69.0 cm³/mol. The van der Waals surface area contributed by atoms with Gasteiger partial charge in [-0.2, -0.15) is 0 Å². The van der Waals surface area contributed by atoms with Gasteiger partial charge in [0.2, 0.25) is 5.28 Å². The Labute approximate surface area is 101 Å². The van der Waals surface area contributed by atoms with Gasteiger partial charge in [-0.05, 0) is 42.0 Å². The quantitative estimate of drug-likeness (QED) is 0.784. The first-order valence-corrected chi connectivity index (χ1v) is 6.17. The van der Waals surface area contributed by atoms with E-state index in [1.54, 1.807) is 0 Å². The summed E-state index contributed by atoms with van der Waals surface area (Å²) in [7, 11) is 1.98. The lowest BCUT2D eigenvalue weighted by molar-refractivity contribution is 0.643. The van der Waals surface area contributed by atoms with E-state index in [1.807, 2.05) is 17.7 Å². The van der Waals surface area contributed by atoms with E-state index in [2.05, 4.69) is 31.0 Å². The van der Waals surface area contributed by atoms with Crippen LogP contribution in [0.25, 0.3) is 11.0 Å². The Hall–Kier alpha value is -1.02. The first-order chi connectivity index (χ1) is 7.69. The van der Waals surface area contributed by atoms with E-state index in [0.29, 0.717) is 11.2 Å². The van der Waals surface area contributed by atoms with Crippen LogP contribution in [0.4, 0.5) is 0 Å². The third-order valence-electron chi connectivity index (χ3n) is 3.30. The molecular formula is C13H17ClN2. The number of fused-ring (bicyclic) bond motifs is 1. The van der Waals surface area contributed by atoms with Crippen molar-refractivity contribution in [2.75, 3.05) is 0 Å². The normalized spacial score (nSPS) is 11.6. The molecule has 16 heavy (non-hydrogen) atoms. The van der Waals surface area contributed by atoms with Crippen LogP contribution in [0.5, 0.6) is 0 Å². The van der Waals surface area contributed by atoms with Gasteiger partial charge in [0, 0.05) is 7.05 Å². The minimum atomic E-state index is 0.563. The number of imidazole rings is 1. The number of hydrogen-bond donors (Lipinski definition) is 0. The Morgan fingerprint density at radius 2 is 2.00 bits per heavy atom. The number of benzene rings is 1. The molecule has 0 amide bonds. The molecule has 0 saturated heterocycles. The molecule has 0 aliphatic heterocycles. The molecule has 0 bridgehead atoms. The van der Waals surface area contributed by atoms with Gasteiger partial charge in [-0.15, -0.1) is 0 Å². The Morgan fingerprint density at radius 3 is 2.62 bits per heavy atom. The van der Waals surface area contributed by atoms with E-state index in [-0.39, 0.29) is 0 Å². The van der Waals surface area contributed by atoms with Crippen LogP contribution in [0.2, 0.25) is 5.28 Å². The zero-order valence-electron chi connectivity index (χ0n) is 10.00. The molecular weight excluding hydrogens is 220 g/mol. The van der Waals surface area contributed by atoms with Gasteiger partial charge in [-0.1, -0.05) is 26.0 Å². The molecule has 3 heteroatoms. The number of aromatic nitrogens is 2. The summed E-state index contributed by atoms with van der Waals surface area (Å²) in [4.78, 5) is 4.35. The first kappa shape index (κ1) is 11.5. The van der Waals surface area contributed by atoms with Gasteiger partial charge in [0.15, 0.2) is 0 Å². The Balaban J connectivity index is 2.69. The summed E-state index contributed by atoms with van der Waals surface area (Å²) in [6.45, 7) is 4.45. The van der Waals surface area contributed by atoms with Crippen molar-refractivity contribution in [2.24, 2.45) is 7.05 Å². The number of aryl methyl sites for hydroxylation is 1. The maximum absolute atomic E-state index is 6.07. The highest BCUT2D eigenvalue weighted by atomic mass is 35.5. The second kappa shape index (κ2) is 4.46.